The Bertz CT molecular complexity index is 917. The molecule has 0 saturated carbocycles. The second-order valence-corrected chi connectivity index (χ2v) is 5.73. The Hall–Kier alpha value is -3.10. The molecule has 0 fully saturated rings. The molecule has 3 aromatic heterocycles. The Kier molecular flexibility index (Phi) is 7.16. The molecule has 0 unspecified atom stereocenters. The second kappa shape index (κ2) is 9.56. The van der Waals surface area contributed by atoms with Crippen molar-refractivity contribution < 1.29 is 4.39 Å². The minimum Gasteiger partial charge on any atom is -0.371 e. The summed E-state index contributed by atoms with van der Waals surface area (Å²) in [6.07, 6.45) is 3.52. The summed E-state index contributed by atoms with van der Waals surface area (Å²) in [5, 5.41) is 15.0. The standard InChI is InChI=1S/C14H16N8.C4H9F/c1-8-10(20-17-3)4-5-11(18-8)9-6-7-22-12(9)13(16-2)19-14(15)21-22;1-2-3-4-5/h4-7H,1-3H3,(H3,15,16,19,21);2-4H2,1H3. The van der Waals surface area contributed by atoms with Gasteiger partial charge in [-0.15, -0.1) is 5.10 Å². The van der Waals surface area contributed by atoms with Gasteiger partial charge in [0.2, 0.25) is 5.95 Å². The van der Waals surface area contributed by atoms with E-state index in [1.807, 2.05) is 38.2 Å². The number of fused-ring (bicyclic) bond motifs is 1. The van der Waals surface area contributed by atoms with E-state index in [0.717, 1.165) is 41.0 Å². The van der Waals surface area contributed by atoms with E-state index in [2.05, 4.69) is 30.6 Å². The normalized spacial score (nSPS) is 10.9. The molecule has 144 valence electrons. The fourth-order valence-corrected chi connectivity index (χ4v) is 2.47. The summed E-state index contributed by atoms with van der Waals surface area (Å²) in [6.45, 7) is 3.72. The Morgan fingerprint density at radius 2 is 2.04 bits per heavy atom. The molecule has 0 bridgehead atoms. The Balaban J connectivity index is 0.000000465. The van der Waals surface area contributed by atoms with E-state index in [1.165, 1.54) is 0 Å². The van der Waals surface area contributed by atoms with Crippen molar-refractivity contribution in [1.29, 1.82) is 0 Å². The van der Waals surface area contributed by atoms with Crippen LogP contribution in [-0.4, -0.2) is 40.4 Å². The fraction of sp³-hybridized carbons (Fsp3) is 0.389. The van der Waals surface area contributed by atoms with Gasteiger partial charge in [-0.3, -0.25) is 9.37 Å². The zero-order chi connectivity index (χ0) is 19.8. The lowest BCUT2D eigenvalue weighted by atomic mass is 10.1. The number of anilines is 2. The Morgan fingerprint density at radius 1 is 1.26 bits per heavy atom. The number of halogens is 1. The van der Waals surface area contributed by atoms with Crippen LogP contribution in [0.4, 0.5) is 21.8 Å². The summed E-state index contributed by atoms with van der Waals surface area (Å²) in [6, 6.07) is 5.74. The number of hydrogen-bond donors (Lipinski definition) is 2. The van der Waals surface area contributed by atoms with Gasteiger partial charge in [-0.05, 0) is 31.5 Å². The third kappa shape index (κ3) is 4.75. The van der Waals surface area contributed by atoms with Gasteiger partial charge in [-0.1, -0.05) is 13.3 Å². The van der Waals surface area contributed by atoms with Gasteiger partial charge in [0.05, 0.1) is 18.1 Å². The van der Waals surface area contributed by atoms with Crippen molar-refractivity contribution in [3.63, 3.8) is 0 Å². The maximum absolute atomic E-state index is 11.0. The lowest BCUT2D eigenvalue weighted by Gasteiger charge is -2.07. The molecular weight excluding hydrogens is 347 g/mol. The van der Waals surface area contributed by atoms with Crippen molar-refractivity contribution in [2.75, 3.05) is 31.8 Å². The molecule has 0 saturated heterocycles. The highest BCUT2D eigenvalue weighted by atomic mass is 19.1. The lowest BCUT2D eigenvalue weighted by molar-refractivity contribution is 0.469. The maximum atomic E-state index is 11.0. The predicted molar refractivity (Wildman–Crippen MR) is 106 cm³/mol. The van der Waals surface area contributed by atoms with E-state index in [9.17, 15) is 4.39 Å². The second-order valence-electron chi connectivity index (χ2n) is 5.73. The van der Waals surface area contributed by atoms with Crippen LogP contribution in [0.15, 0.2) is 34.6 Å². The van der Waals surface area contributed by atoms with Gasteiger partial charge in [-0.2, -0.15) is 15.2 Å². The van der Waals surface area contributed by atoms with Crippen molar-refractivity contribution in [1.82, 2.24) is 19.6 Å². The highest BCUT2D eigenvalue weighted by Crippen LogP contribution is 2.30. The first-order valence-corrected chi connectivity index (χ1v) is 8.72. The first-order valence-electron chi connectivity index (χ1n) is 8.72. The Morgan fingerprint density at radius 3 is 2.59 bits per heavy atom. The number of pyridine rings is 1. The maximum Gasteiger partial charge on any atom is 0.240 e. The smallest absolute Gasteiger partial charge is 0.240 e. The minimum atomic E-state index is -0.156. The van der Waals surface area contributed by atoms with Crippen LogP contribution in [0.5, 0.6) is 0 Å². The number of alkyl halides is 1. The zero-order valence-electron chi connectivity index (χ0n) is 16.1. The van der Waals surface area contributed by atoms with Gasteiger partial charge >= 0.3 is 0 Å². The lowest BCUT2D eigenvalue weighted by Crippen LogP contribution is -2.05. The number of aryl methyl sites for hydroxylation is 1. The number of nitrogen functional groups attached to an aromatic ring is 1. The molecule has 0 aliphatic carbocycles. The number of rotatable bonds is 5. The first-order chi connectivity index (χ1) is 13.0. The van der Waals surface area contributed by atoms with Gasteiger partial charge < -0.3 is 11.1 Å². The molecule has 3 aromatic rings. The van der Waals surface area contributed by atoms with Crippen LogP contribution in [0.25, 0.3) is 16.8 Å². The van der Waals surface area contributed by atoms with Crippen LogP contribution in [0.1, 0.15) is 25.5 Å². The van der Waals surface area contributed by atoms with Crippen molar-refractivity contribution in [2.24, 2.45) is 10.2 Å². The quantitative estimate of drug-likeness (QED) is 0.653. The van der Waals surface area contributed by atoms with Crippen LogP contribution in [-0.2, 0) is 0 Å². The van der Waals surface area contributed by atoms with E-state index >= 15 is 0 Å². The van der Waals surface area contributed by atoms with Crippen LogP contribution in [0.3, 0.4) is 0 Å². The van der Waals surface area contributed by atoms with Gasteiger partial charge in [0.1, 0.15) is 11.2 Å². The van der Waals surface area contributed by atoms with E-state index in [1.54, 1.807) is 18.6 Å². The van der Waals surface area contributed by atoms with Crippen molar-refractivity contribution in [3.8, 4) is 11.3 Å². The van der Waals surface area contributed by atoms with E-state index in [4.69, 9.17) is 5.73 Å². The van der Waals surface area contributed by atoms with Crippen LogP contribution in [0, 0.1) is 6.92 Å². The molecule has 0 radical (unpaired) electrons. The first kappa shape index (κ1) is 20.2. The van der Waals surface area contributed by atoms with E-state index < -0.39 is 0 Å². The molecule has 9 heteroatoms. The molecule has 3 N–H and O–H groups in total. The third-order valence-electron chi connectivity index (χ3n) is 3.79. The molecule has 0 amide bonds. The predicted octanol–water partition coefficient (Wildman–Crippen LogP) is 4.19. The van der Waals surface area contributed by atoms with Crippen LogP contribution >= 0.6 is 0 Å². The Labute approximate surface area is 157 Å². The van der Waals surface area contributed by atoms with Crippen molar-refractivity contribution >= 4 is 23.0 Å². The summed E-state index contributed by atoms with van der Waals surface area (Å²) in [5.41, 5.74) is 9.84. The molecule has 0 spiro atoms. The zero-order valence-corrected chi connectivity index (χ0v) is 16.1. The number of nitrogens with two attached hydrogens (primary N) is 1. The van der Waals surface area contributed by atoms with Crippen LogP contribution in [0.2, 0.25) is 0 Å². The number of hydrogen-bond acceptors (Lipinski definition) is 7. The average Bonchev–Trinajstić information content (AvgIpc) is 3.08. The van der Waals surface area contributed by atoms with Crippen molar-refractivity contribution in [2.45, 2.75) is 26.7 Å². The number of nitrogens with zero attached hydrogens (tertiary/aromatic N) is 6. The summed E-state index contributed by atoms with van der Waals surface area (Å²) in [7, 11) is 3.43. The molecule has 8 nitrogen and oxygen atoms in total. The summed E-state index contributed by atoms with van der Waals surface area (Å²) in [5.74, 6) is 0.867. The molecule has 0 atom stereocenters. The van der Waals surface area contributed by atoms with Gasteiger partial charge in [0, 0.05) is 25.9 Å². The molecular formula is C18H25FN8. The molecule has 0 aliphatic rings. The molecule has 0 aliphatic heterocycles. The average molecular weight is 372 g/mol. The van der Waals surface area contributed by atoms with Gasteiger partial charge in [0.25, 0.3) is 0 Å². The third-order valence-corrected chi connectivity index (χ3v) is 3.79. The molecule has 3 heterocycles. The fourth-order valence-electron chi connectivity index (χ4n) is 2.47. The van der Waals surface area contributed by atoms with E-state index in [-0.39, 0.29) is 12.6 Å². The van der Waals surface area contributed by atoms with Gasteiger partial charge in [0.15, 0.2) is 5.82 Å². The summed E-state index contributed by atoms with van der Waals surface area (Å²) in [4.78, 5) is 8.82. The monoisotopic (exact) mass is 372 g/mol. The number of nitrogens with one attached hydrogen (secondary N) is 1. The molecule has 3 rings (SSSR count). The number of unbranched alkanes of at least 4 members (excludes halogenated alkanes) is 1. The highest BCUT2D eigenvalue weighted by Gasteiger charge is 2.14. The minimum absolute atomic E-state index is 0.156. The van der Waals surface area contributed by atoms with E-state index in [0.29, 0.717) is 5.82 Å². The largest absolute Gasteiger partial charge is 0.371 e. The van der Waals surface area contributed by atoms with Crippen LogP contribution < -0.4 is 11.1 Å². The summed E-state index contributed by atoms with van der Waals surface area (Å²) < 4.78 is 12.7. The molecule has 27 heavy (non-hydrogen) atoms. The van der Waals surface area contributed by atoms with Crippen molar-refractivity contribution in [3.05, 3.63) is 30.1 Å². The highest BCUT2D eigenvalue weighted by molar-refractivity contribution is 5.87. The number of azo groups is 1. The topological polar surface area (TPSA) is 106 Å². The SMILES string of the molecule is CCCCF.CN=Nc1ccc(-c2ccn3nc(N)nc(NC)c23)nc1C. The van der Waals surface area contributed by atoms with Gasteiger partial charge in [-0.25, -0.2) is 4.52 Å². The number of aromatic nitrogens is 4. The summed E-state index contributed by atoms with van der Waals surface area (Å²) >= 11 is 0. The molecule has 0 aromatic carbocycles.